The lowest BCUT2D eigenvalue weighted by molar-refractivity contribution is 0.240. The molecule has 4 nitrogen and oxygen atoms in total. The number of urea groups is 1. The lowest BCUT2D eigenvalue weighted by Crippen LogP contribution is -2.36. The third-order valence-electron chi connectivity index (χ3n) is 3.15. The normalized spacial score (nSPS) is 9.82. The Kier molecular flexibility index (Phi) is 5.50. The molecular formula is C17H16FN3O. The van der Waals surface area contributed by atoms with Crippen LogP contribution in [0, 0.1) is 17.1 Å². The molecule has 22 heavy (non-hydrogen) atoms. The molecule has 0 unspecified atom stereocenters. The van der Waals surface area contributed by atoms with E-state index >= 15 is 0 Å². The second-order valence-electron chi connectivity index (χ2n) is 4.76. The van der Waals surface area contributed by atoms with Gasteiger partial charge in [0, 0.05) is 13.1 Å². The third-order valence-corrected chi connectivity index (χ3v) is 3.15. The summed E-state index contributed by atoms with van der Waals surface area (Å²) in [6, 6.07) is 15.3. The van der Waals surface area contributed by atoms with Gasteiger partial charge in [-0.15, -0.1) is 0 Å². The number of carbonyl (C=O) groups excluding carboxylic acids is 1. The fourth-order valence-electron chi connectivity index (χ4n) is 2.01. The van der Waals surface area contributed by atoms with E-state index in [4.69, 9.17) is 5.26 Å². The lowest BCUT2D eigenvalue weighted by Gasteiger charge is -2.08. The van der Waals surface area contributed by atoms with Crippen LogP contribution in [-0.4, -0.2) is 12.6 Å². The maximum absolute atomic E-state index is 13.4. The van der Waals surface area contributed by atoms with Crippen molar-refractivity contribution in [2.45, 2.75) is 13.0 Å². The zero-order chi connectivity index (χ0) is 15.8. The maximum atomic E-state index is 13.4. The van der Waals surface area contributed by atoms with Crippen LogP contribution in [0.4, 0.5) is 9.18 Å². The molecule has 2 N–H and O–H groups in total. The lowest BCUT2D eigenvalue weighted by atomic mass is 10.1. The molecule has 0 saturated heterocycles. The zero-order valence-corrected chi connectivity index (χ0v) is 12.0. The summed E-state index contributed by atoms with van der Waals surface area (Å²) in [7, 11) is 0. The topological polar surface area (TPSA) is 64.9 Å². The fraction of sp³-hybridized carbons (Fsp3) is 0.176. The quantitative estimate of drug-likeness (QED) is 0.891. The van der Waals surface area contributed by atoms with Crippen molar-refractivity contribution in [3.05, 3.63) is 71.0 Å². The number of hydrogen-bond acceptors (Lipinski definition) is 2. The predicted octanol–water partition coefficient (Wildman–Crippen LogP) is 2.74. The molecule has 0 fully saturated rings. The van der Waals surface area contributed by atoms with E-state index in [0.717, 1.165) is 5.56 Å². The molecule has 0 radical (unpaired) electrons. The van der Waals surface area contributed by atoms with Gasteiger partial charge in [-0.1, -0.05) is 30.3 Å². The molecule has 0 heterocycles. The molecule has 0 aliphatic carbocycles. The van der Waals surface area contributed by atoms with Crippen molar-refractivity contribution in [1.82, 2.24) is 10.6 Å². The second kappa shape index (κ2) is 7.79. The van der Waals surface area contributed by atoms with Gasteiger partial charge in [0.15, 0.2) is 0 Å². The summed E-state index contributed by atoms with van der Waals surface area (Å²) in [5.74, 6) is -0.266. The highest BCUT2D eigenvalue weighted by molar-refractivity contribution is 5.73. The largest absolute Gasteiger partial charge is 0.338 e. The van der Waals surface area contributed by atoms with Crippen LogP contribution < -0.4 is 10.6 Å². The van der Waals surface area contributed by atoms with E-state index in [0.29, 0.717) is 30.6 Å². The molecule has 5 heteroatoms. The Bertz CT molecular complexity index is 694. The van der Waals surface area contributed by atoms with Crippen molar-refractivity contribution in [2.75, 3.05) is 6.54 Å². The monoisotopic (exact) mass is 297 g/mol. The Morgan fingerprint density at radius 1 is 1.14 bits per heavy atom. The molecule has 112 valence electrons. The van der Waals surface area contributed by atoms with Crippen LogP contribution in [0.3, 0.4) is 0 Å². The number of halogens is 1. The average Bonchev–Trinajstić information content (AvgIpc) is 2.55. The van der Waals surface area contributed by atoms with Crippen molar-refractivity contribution in [3.8, 4) is 6.07 Å². The Morgan fingerprint density at radius 2 is 1.95 bits per heavy atom. The smallest absolute Gasteiger partial charge is 0.315 e. The van der Waals surface area contributed by atoms with E-state index < -0.39 is 0 Å². The molecule has 0 saturated carbocycles. The minimum atomic E-state index is -0.321. The van der Waals surface area contributed by atoms with Crippen LogP contribution in [0.25, 0.3) is 0 Å². The van der Waals surface area contributed by atoms with Crippen molar-refractivity contribution < 1.29 is 9.18 Å². The number of benzene rings is 2. The fourth-order valence-corrected chi connectivity index (χ4v) is 2.01. The van der Waals surface area contributed by atoms with Gasteiger partial charge >= 0.3 is 6.03 Å². The number of nitrogens with zero attached hydrogens (tertiary/aromatic N) is 1. The highest BCUT2D eigenvalue weighted by Gasteiger charge is 2.03. The first-order chi connectivity index (χ1) is 10.7. The maximum Gasteiger partial charge on any atom is 0.315 e. The molecule has 2 amide bonds. The second-order valence-corrected chi connectivity index (χ2v) is 4.76. The summed E-state index contributed by atoms with van der Waals surface area (Å²) in [6.45, 7) is 0.687. The highest BCUT2D eigenvalue weighted by atomic mass is 19.1. The summed E-state index contributed by atoms with van der Waals surface area (Å²) >= 11 is 0. The van der Waals surface area contributed by atoms with Gasteiger partial charge < -0.3 is 10.6 Å². The highest BCUT2D eigenvalue weighted by Crippen LogP contribution is 2.06. The number of nitriles is 1. The summed E-state index contributed by atoms with van der Waals surface area (Å²) in [4.78, 5) is 11.7. The molecule has 0 bridgehead atoms. The van der Waals surface area contributed by atoms with E-state index in [9.17, 15) is 9.18 Å². The van der Waals surface area contributed by atoms with Gasteiger partial charge in [0.1, 0.15) is 5.82 Å². The Hall–Kier alpha value is -2.87. The standard InChI is InChI=1S/C17H16FN3O/c18-16-7-2-1-6-15(16)8-9-20-17(22)21-12-14-5-3-4-13(10-14)11-19/h1-7,10H,8-9,12H2,(H2,20,21,22). The number of amides is 2. The predicted molar refractivity (Wildman–Crippen MR) is 81.5 cm³/mol. The molecule has 0 aliphatic heterocycles. The van der Waals surface area contributed by atoms with Crippen LogP contribution in [-0.2, 0) is 13.0 Å². The van der Waals surface area contributed by atoms with Crippen molar-refractivity contribution in [3.63, 3.8) is 0 Å². The number of hydrogen-bond donors (Lipinski definition) is 2. The Balaban J connectivity index is 1.74. The van der Waals surface area contributed by atoms with Gasteiger partial charge in [0.25, 0.3) is 0 Å². The molecule has 2 aromatic rings. The number of rotatable bonds is 5. The van der Waals surface area contributed by atoms with E-state index in [1.807, 2.05) is 12.1 Å². The molecule has 2 aromatic carbocycles. The van der Waals surface area contributed by atoms with Gasteiger partial charge in [0.2, 0.25) is 0 Å². The average molecular weight is 297 g/mol. The first-order valence-electron chi connectivity index (χ1n) is 6.93. The molecule has 0 aliphatic rings. The zero-order valence-electron chi connectivity index (χ0n) is 12.0. The van der Waals surface area contributed by atoms with Gasteiger partial charge in [-0.3, -0.25) is 0 Å². The summed E-state index contributed by atoms with van der Waals surface area (Å²) in [5.41, 5.74) is 1.98. The van der Waals surface area contributed by atoms with Gasteiger partial charge in [-0.05, 0) is 35.7 Å². The van der Waals surface area contributed by atoms with Gasteiger partial charge in [-0.25, -0.2) is 9.18 Å². The molecule has 0 atom stereocenters. The van der Waals surface area contributed by atoms with Crippen LogP contribution >= 0.6 is 0 Å². The van der Waals surface area contributed by atoms with Crippen LogP contribution in [0.15, 0.2) is 48.5 Å². The molecular weight excluding hydrogens is 281 g/mol. The third kappa shape index (κ3) is 4.60. The first kappa shape index (κ1) is 15.5. The SMILES string of the molecule is N#Cc1cccc(CNC(=O)NCCc2ccccc2F)c1. The van der Waals surface area contributed by atoms with Crippen molar-refractivity contribution >= 4 is 6.03 Å². The van der Waals surface area contributed by atoms with Crippen LogP contribution in [0.1, 0.15) is 16.7 Å². The minimum absolute atomic E-state index is 0.266. The summed E-state index contributed by atoms with van der Waals surface area (Å²) in [6.07, 6.45) is 0.435. The van der Waals surface area contributed by atoms with E-state index in [1.54, 1.807) is 36.4 Å². The van der Waals surface area contributed by atoms with Gasteiger partial charge in [-0.2, -0.15) is 5.26 Å². The van der Waals surface area contributed by atoms with Crippen molar-refractivity contribution in [2.24, 2.45) is 0 Å². The van der Waals surface area contributed by atoms with E-state index in [1.165, 1.54) is 6.07 Å². The van der Waals surface area contributed by atoms with Gasteiger partial charge in [0.05, 0.1) is 11.6 Å². The summed E-state index contributed by atoms with van der Waals surface area (Å²) < 4.78 is 13.4. The number of carbonyl (C=O) groups is 1. The number of nitrogens with one attached hydrogen (secondary N) is 2. The first-order valence-corrected chi connectivity index (χ1v) is 6.93. The molecule has 0 aromatic heterocycles. The molecule has 0 spiro atoms. The van der Waals surface area contributed by atoms with Crippen LogP contribution in [0.5, 0.6) is 0 Å². The summed E-state index contributed by atoms with van der Waals surface area (Å²) in [5, 5.41) is 14.2. The van der Waals surface area contributed by atoms with E-state index in [2.05, 4.69) is 10.6 Å². The van der Waals surface area contributed by atoms with E-state index in [-0.39, 0.29) is 11.8 Å². The van der Waals surface area contributed by atoms with Crippen molar-refractivity contribution in [1.29, 1.82) is 5.26 Å². The Labute approximate surface area is 128 Å². The minimum Gasteiger partial charge on any atom is -0.338 e. The Morgan fingerprint density at radius 3 is 2.73 bits per heavy atom. The molecule has 2 rings (SSSR count). The van der Waals surface area contributed by atoms with Crippen LogP contribution in [0.2, 0.25) is 0 Å².